The molecule has 1 aliphatic heterocycles. The van der Waals surface area contributed by atoms with Gasteiger partial charge in [-0.2, -0.15) is 0 Å². The first-order chi connectivity index (χ1) is 10.6. The first-order valence-electron chi connectivity index (χ1n) is 7.14. The molecule has 2 aromatic rings. The van der Waals surface area contributed by atoms with E-state index in [9.17, 15) is 9.59 Å². The first-order valence-corrected chi connectivity index (χ1v) is 7.14. The van der Waals surface area contributed by atoms with Gasteiger partial charge < -0.3 is 4.90 Å². The van der Waals surface area contributed by atoms with Crippen molar-refractivity contribution >= 4 is 5.91 Å². The monoisotopic (exact) mass is 299 g/mol. The van der Waals surface area contributed by atoms with Crippen LogP contribution in [0.5, 0.6) is 0 Å². The summed E-state index contributed by atoms with van der Waals surface area (Å²) in [6, 6.07) is 0. The van der Waals surface area contributed by atoms with Gasteiger partial charge in [0, 0.05) is 42.5 Å². The third-order valence-electron chi connectivity index (χ3n) is 4.03. The molecule has 0 unspecified atom stereocenters. The lowest BCUT2D eigenvalue weighted by atomic mass is 10.1. The second-order valence-electron chi connectivity index (χ2n) is 5.45. The molecule has 2 aromatic heterocycles. The summed E-state index contributed by atoms with van der Waals surface area (Å²) in [4.78, 5) is 38.7. The number of aromatic nitrogens is 4. The largest absolute Gasteiger partial charge is 0.336 e. The molecule has 114 valence electrons. The molecule has 0 aromatic carbocycles. The van der Waals surface area contributed by atoms with Gasteiger partial charge in [0.1, 0.15) is 12.9 Å². The predicted octanol–water partition coefficient (Wildman–Crippen LogP) is 0.235. The first kappa shape index (κ1) is 14.4. The molecule has 0 saturated heterocycles. The lowest BCUT2D eigenvalue weighted by Gasteiger charge is -2.28. The van der Waals surface area contributed by atoms with E-state index in [-0.39, 0.29) is 18.0 Å². The molecular weight excluding hydrogens is 282 g/mol. The van der Waals surface area contributed by atoms with Gasteiger partial charge >= 0.3 is 0 Å². The Morgan fingerprint density at radius 3 is 2.95 bits per heavy atom. The Bertz CT molecular complexity index is 784. The third-order valence-corrected chi connectivity index (χ3v) is 4.03. The smallest absolute Gasteiger partial charge is 0.256 e. The van der Waals surface area contributed by atoms with Crippen LogP contribution in [0, 0.1) is 13.8 Å². The van der Waals surface area contributed by atoms with Crippen LogP contribution < -0.4 is 5.56 Å². The molecule has 7 heteroatoms. The van der Waals surface area contributed by atoms with Crippen molar-refractivity contribution in [2.45, 2.75) is 33.4 Å². The molecule has 7 nitrogen and oxygen atoms in total. The topological polar surface area (TPSA) is 81.0 Å². The molecule has 3 heterocycles. The maximum absolute atomic E-state index is 12.4. The summed E-state index contributed by atoms with van der Waals surface area (Å²) in [5.41, 5.74) is 3.06. The van der Waals surface area contributed by atoms with E-state index in [1.54, 1.807) is 24.9 Å². The van der Waals surface area contributed by atoms with Crippen LogP contribution in [0.2, 0.25) is 0 Å². The van der Waals surface area contributed by atoms with E-state index in [0.29, 0.717) is 30.8 Å². The summed E-state index contributed by atoms with van der Waals surface area (Å²) < 4.78 is 1.36. The van der Waals surface area contributed by atoms with Crippen LogP contribution in [0.4, 0.5) is 0 Å². The molecule has 3 rings (SSSR count). The molecule has 0 spiro atoms. The molecule has 0 fully saturated rings. The van der Waals surface area contributed by atoms with E-state index in [1.165, 1.54) is 17.2 Å². The highest BCUT2D eigenvalue weighted by molar-refractivity contribution is 5.76. The standard InChI is InChI=1S/C15H17N5O2/c1-10-11(2)18-9-20(15(10)22)7-14(21)19-4-3-13-12(6-19)5-16-8-17-13/h5,8-9H,3-4,6-7H2,1-2H3. The van der Waals surface area contributed by atoms with E-state index in [0.717, 1.165) is 11.3 Å². The second kappa shape index (κ2) is 5.67. The SMILES string of the molecule is Cc1ncn(CC(=O)N2CCc3ncncc3C2)c(=O)c1C. The molecule has 0 atom stereocenters. The van der Waals surface area contributed by atoms with Crippen LogP contribution in [0.3, 0.4) is 0 Å². The molecule has 0 bridgehead atoms. The summed E-state index contributed by atoms with van der Waals surface area (Å²) in [6.45, 7) is 4.61. The van der Waals surface area contributed by atoms with Crippen molar-refractivity contribution < 1.29 is 4.79 Å². The van der Waals surface area contributed by atoms with Gasteiger partial charge in [-0.25, -0.2) is 15.0 Å². The van der Waals surface area contributed by atoms with E-state index in [4.69, 9.17) is 0 Å². The van der Waals surface area contributed by atoms with Gasteiger partial charge in [0.15, 0.2) is 0 Å². The maximum Gasteiger partial charge on any atom is 0.256 e. The molecule has 1 aliphatic rings. The number of nitrogens with zero attached hydrogens (tertiary/aromatic N) is 5. The minimum atomic E-state index is -0.165. The van der Waals surface area contributed by atoms with Crippen molar-refractivity contribution in [1.29, 1.82) is 0 Å². The quantitative estimate of drug-likeness (QED) is 0.793. The number of amides is 1. The van der Waals surface area contributed by atoms with Crippen LogP contribution in [0.25, 0.3) is 0 Å². The van der Waals surface area contributed by atoms with Crippen LogP contribution in [-0.2, 0) is 24.3 Å². The zero-order valence-electron chi connectivity index (χ0n) is 12.6. The zero-order valence-corrected chi connectivity index (χ0v) is 12.6. The van der Waals surface area contributed by atoms with Gasteiger partial charge in [0.2, 0.25) is 5.91 Å². The average Bonchev–Trinajstić information content (AvgIpc) is 2.55. The maximum atomic E-state index is 12.4. The van der Waals surface area contributed by atoms with Gasteiger partial charge in [0.05, 0.1) is 12.0 Å². The lowest BCUT2D eigenvalue weighted by molar-refractivity contribution is -0.132. The van der Waals surface area contributed by atoms with Gasteiger partial charge in [-0.3, -0.25) is 14.2 Å². The number of fused-ring (bicyclic) bond motifs is 1. The van der Waals surface area contributed by atoms with Crippen molar-refractivity contribution in [3.05, 3.63) is 51.7 Å². The van der Waals surface area contributed by atoms with Crippen molar-refractivity contribution in [3.8, 4) is 0 Å². The minimum Gasteiger partial charge on any atom is -0.336 e. The van der Waals surface area contributed by atoms with E-state index >= 15 is 0 Å². The summed E-state index contributed by atoms with van der Waals surface area (Å²) in [7, 11) is 0. The predicted molar refractivity (Wildman–Crippen MR) is 79.1 cm³/mol. The third kappa shape index (κ3) is 2.61. The number of rotatable bonds is 2. The molecular formula is C15H17N5O2. The van der Waals surface area contributed by atoms with Crippen LogP contribution in [0.1, 0.15) is 22.5 Å². The number of aryl methyl sites for hydroxylation is 1. The molecule has 22 heavy (non-hydrogen) atoms. The van der Waals surface area contributed by atoms with Crippen LogP contribution in [-0.4, -0.2) is 36.9 Å². The summed E-state index contributed by atoms with van der Waals surface area (Å²) in [5.74, 6) is -0.0957. The Morgan fingerprint density at radius 2 is 2.14 bits per heavy atom. The van der Waals surface area contributed by atoms with Crippen molar-refractivity contribution in [1.82, 2.24) is 24.4 Å². The van der Waals surface area contributed by atoms with E-state index in [1.807, 2.05) is 0 Å². The van der Waals surface area contributed by atoms with Gasteiger partial charge in [-0.15, -0.1) is 0 Å². The zero-order chi connectivity index (χ0) is 15.7. The fraction of sp³-hybridized carbons (Fsp3) is 0.400. The Morgan fingerprint density at radius 1 is 1.32 bits per heavy atom. The van der Waals surface area contributed by atoms with Gasteiger partial charge in [0.25, 0.3) is 5.56 Å². The Kier molecular flexibility index (Phi) is 3.70. The summed E-state index contributed by atoms with van der Waals surface area (Å²) >= 11 is 0. The molecule has 0 aliphatic carbocycles. The summed E-state index contributed by atoms with van der Waals surface area (Å²) in [6.07, 6.45) is 5.41. The highest BCUT2D eigenvalue weighted by atomic mass is 16.2. The molecule has 1 amide bonds. The van der Waals surface area contributed by atoms with E-state index in [2.05, 4.69) is 15.0 Å². The number of carbonyl (C=O) groups is 1. The fourth-order valence-electron chi connectivity index (χ4n) is 2.51. The van der Waals surface area contributed by atoms with Gasteiger partial charge in [-0.1, -0.05) is 0 Å². The Balaban J connectivity index is 1.77. The van der Waals surface area contributed by atoms with Crippen LogP contribution >= 0.6 is 0 Å². The molecule has 0 N–H and O–H groups in total. The molecule has 0 radical (unpaired) electrons. The molecule has 0 saturated carbocycles. The average molecular weight is 299 g/mol. The van der Waals surface area contributed by atoms with Gasteiger partial charge in [-0.05, 0) is 13.8 Å². The highest BCUT2D eigenvalue weighted by Crippen LogP contribution is 2.15. The number of hydrogen-bond acceptors (Lipinski definition) is 5. The summed E-state index contributed by atoms with van der Waals surface area (Å²) in [5, 5.41) is 0. The minimum absolute atomic E-state index is 0.00990. The van der Waals surface area contributed by atoms with Crippen molar-refractivity contribution in [2.75, 3.05) is 6.54 Å². The lowest BCUT2D eigenvalue weighted by Crippen LogP contribution is -2.40. The number of hydrogen-bond donors (Lipinski definition) is 0. The fourth-order valence-corrected chi connectivity index (χ4v) is 2.51. The van der Waals surface area contributed by atoms with Crippen LogP contribution in [0.15, 0.2) is 23.6 Å². The highest BCUT2D eigenvalue weighted by Gasteiger charge is 2.22. The van der Waals surface area contributed by atoms with Crippen molar-refractivity contribution in [2.24, 2.45) is 0 Å². The second-order valence-corrected chi connectivity index (χ2v) is 5.45. The normalized spacial score (nSPS) is 13.8. The Labute approximate surface area is 127 Å². The van der Waals surface area contributed by atoms with E-state index < -0.39 is 0 Å². The number of carbonyl (C=O) groups excluding carboxylic acids is 1. The Hall–Kier alpha value is -2.57. The van der Waals surface area contributed by atoms with Crippen molar-refractivity contribution in [3.63, 3.8) is 0 Å².